The third-order valence-corrected chi connectivity index (χ3v) is 6.13. The first-order chi connectivity index (χ1) is 21.4. The summed E-state index contributed by atoms with van der Waals surface area (Å²) >= 11 is 0. The second-order valence-electron chi connectivity index (χ2n) is 9.61. The van der Waals surface area contributed by atoms with Crippen molar-refractivity contribution in [1.82, 2.24) is 20.5 Å². The lowest BCUT2D eigenvalue weighted by atomic mass is 10.1. The van der Waals surface area contributed by atoms with E-state index in [1.54, 1.807) is 30.3 Å². The number of ether oxygens (including phenoxy) is 5. The smallest absolute Gasteiger partial charge is 0.293 e. The Labute approximate surface area is 261 Å². The molecule has 14 nitrogen and oxygen atoms in total. The molecule has 1 aromatic rings. The van der Waals surface area contributed by atoms with Crippen LogP contribution < -0.4 is 16.0 Å². The Kier molecular flexibility index (Phi) is 21.7. The van der Waals surface area contributed by atoms with E-state index in [1.165, 1.54) is 0 Å². The molecule has 0 fully saturated rings. The summed E-state index contributed by atoms with van der Waals surface area (Å²) < 4.78 is 26.9. The summed E-state index contributed by atoms with van der Waals surface area (Å²) in [6.07, 6.45) is 2.17. The van der Waals surface area contributed by atoms with Gasteiger partial charge in [-0.25, -0.2) is 0 Å². The van der Waals surface area contributed by atoms with Gasteiger partial charge in [0.05, 0.1) is 71.6 Å². The van der Waals surface area contributed by atoms with E-state index in [1.807, 2.05) is 32.0 Å². The lowest BCUT2D eigenvalue weighted by molar-refractivity contribution is -0.129. The zero-order valence-electron chi connectivity index (χ0n) is 26.6. The highest BCUT2D eigenvalue weighted by Crippen LogP contribution is 2.17. The lowest BCUT2D eigenvalue weighted by Gasteiger charge is -2.22. The third-order valence-electron chi connectivity index (χ3n) is 6.13. The molecule has 0 spiro atoms. The van der Waals surface area contributed by atoms with Crippen molar-refractivity contribution in [2.45, 2.75) is 20.0 Å². The van der Waals surface area contributed by atoms with Gasteiger partial charge in [-0.1, -0.05) is 12.1 Å². The lowest BCUT2D eigenvalue weighted by Crippen LogP contribution is -2.33. The summed E-state index contributed by atoms with van der Waals surface area (Å²) in [5.74, 6) is -0.330. The Hall–Kier alpha value is -3.56. The fraction of sp³-hybridized carbons (Fsp3) is 0.600. The average Bonchev–Trinajstić information content (AvgIpc) is 3.02. The van der Waals surface area contributed by atoms with Crippen LogP contribution in [-0.4, -0.2) is 135 Å². The zero-order chi connectivity index (χ0) is 32.4. The first-order valence-corrected chi connectivity index (χ1v) is 14.6. The van der Waals surface area contributed by atoms with Crippen LogP contribution in [-0.2, 0) is 39.9 Å². The van der Waals surface area contributed by atoms with Crippen molar-refractivity contribution in [3.8, 4) is 0 Å². The molecule has 0 saturated carbocycles. The number of hydrogen-bond donors (Lipinski definition) is 3. The number of rotatable bonds is 27. The maximum Gasteiger partial charge on any atom is 0.293 e. The van der Waals surface area contributed by atoms with E-state index in [9.17, 15) is 14.4 Å². The van der Waals surface area contributed by atoms with Crippen LogP contribution in [0, 0.1) is 0 Å². The number of anilines is 1. The fourth-order valence-electron chi connectivity index (χ4n) is 3.69. The molecule has 2 amide bonds. The Morgan fingerprint density at radius 2 is 1.57 bits per heavy atom. The number of amides is 2. The van der Waals surface area contributed by atoms with Gasteiger partial charge in [0.2, 0.25) is 5.91 Å². The quantitative estimate of drug-likeness (QED) is 0.0560. The van der Waals surface area contributed by atoms with Crippen LogP contribution in [0.1, 0.15) is 29.3 Å². The molecule has 248 valence electrons. The van der Waals surface area contributed by atoms with Crippen molar-refractivity contribution in [2.75, 3.05) is 105 Å². The van der Waals surface area contributed by atoms with Crippen LogP contribution >= 0.6 is 0 Å². The van der Waals surface area contributed by atoms with Gasteiger partial charge in [-0.2, -0.15) is 5.10 Å². The number of carbonyl (C=O) groups is 3. The number of benzene rings is 1. The highest BCUT2D eigenvalue weighted by molar-refractivity contribution is 5.96. The highest BCUT2D eigenvalue weighted by Gasteiger charge is 2.15. The molecule has 0 saturated heterocycles. The van der Waals surface area contributed by atoms with Crippen LogP contribution in [0.3, 0.4) is 0 Å². The zero-order valence-corrected chi connectivity index (χ0v) is 26.6. The second-order valence-corrected chi connectivity index (χ2v) is 9.61. The molecule has 0 aromatic heterocycles. The van der Waals surface area contributed by atoms with Crippen LogP contribution in [0.2, 0.25) is 0 Å². The van der Waals surface area contributed by atoms with E-state index in [0.717, 1.165) is 17.9 Å². The molecule has 0 unspecified atom stereocenters. The fourth-order valence-corrected chi connectivity index (χ4v) is 3.69. The number of allylic oxidation sites excluding steroid dienone is 1. The van der Waals surface area contributed by atoms with E-state index >= 15 is 0 Å². The Bertz CT molecular complexity index is 1010. The molecule has 44 heavy (non-hydrogen) atoms. The minimum absolute atomic E-state index is 0.00354. The maximum atomic E-state index is 12.9. The molecule has 3 N–H and O–H groups in total. The SMILES string of the molecule is C=NN(CCOCCOCCOCCOCCC(=O)NCCN(C)C)/C(=C\C)CNC(=O)c1cc(NC)ccc1COC=O. The molecule has 0 atom stereocenters. The highest BCUT2D eigenvalue weighted by atomic mass is 16.6. The van der Waals surface area contributed by atoms with Crippen molar-refractivity contribution in [3.63, 3.8) is 0 Å². The number of hydrogen-bond acceptors (Lipinski definition) is 12. The molecule has 0 aliphatic heterocycles. The monoisotopic (exact) mass is 622 g/mol. The van der Waals surface area contributed by atoms with Crippen molar-refractivity contribution in [3.05, 3.63) is 41.1 Å². The molecule has 0 aliphatic rings. The van der Waals surface area contributed by atoms with Crippen molar-refractivity contribution >= 4 is 30.7 Å². The molecule has 0 heterocycles. The molecule has 0 aliphatic carbocycles. The van der Waals surface area contributed by atoms with Crippen LogP contribution in [0.25, 0.3) is 0 Å². The molecule has 1 aromatic carbocycles. The van der Waals surface area contributed by atoms with Gasteiger partial charge in [0.15, 0.2) is 0 Å². The van der Waals surface area contributed by atoms with Gasteiger partial charge in [-0.3, -0.25) is 19.4 Å². The van der Waals surface area contributed by atoms with Crippen molar-refractivity contribution in [1.29, 1.82) is 0 Å². The molecule has 1 rings (SSSR count). The van der Waals surface area contributed by atoms with Crippen LogP contribution in [0.4, 0.5) is 5.69 Å². The third kappa shape index (κ3) is 17.5. The Balaban J connectivity index is 2.18. The standard InChI is InChI=1S/C30H50N6O8/c1-6-27(22-34-30(39)28-21-26(31-2)8-7-25(28)23-44-24-37)36(32-3)12-14-41-16-18-43-20-19-42-17-15-40-13-9-29(38)33-10-11-35(4)5/h6-8,21,24,31H,3,9-20,22-23H2,1-2,4-5H3,(H,33,38)(H,34,39)/b27-6-. The largest absolute Gasteiger partial charge is 0.463 e. The van der Waals surface area contributed by atoms with E-state index in [4.69, 9.17) is 23.7 Å². The summed E-state index contributed by atoms with van der Waals surface area (Å²) in [6, 6.07) is 5.24. The Morgan fingerprint density at radius 3 is 2.14 bits per heavy atom. The van der Waals surface area contributed by atoms with E-state index in [0.29, 0.717) is 90.0 Å². The maximum absolute atomic E-state index is 12.9. The molecule has 14 heteroatoms. The van der Waals surface area contributed by atoms with E-state index < -0.39 is 0 Å². The van der Waals surface area contributed by atoms with Gasteiger partial charge in [0, 0.05) is 50.1 Å². The number of nitrogens with zero attached hydrogens (tertiary/aromatic N) is 3. The van der Waals surface area contributed by atoms with Gasteiger partial charge in [0.1, 0.15) is 6.61 Å². The van der Waals surface area contributed by atoms with Crippen LogP contribution in [0.5, 0.6) is 0 Å². The predicted octanol–water partition coefficient (Wildman–Crippen LogP) is 1.09. The summed E-state index contributed by atoms with van der Waals surface area (Å²) in [5, 5.41) is 14.4. The summed E-state index contributed by atoms with van der Waals surface area (Å²) in [4.78, 5) is 37.2. The van der Waals surface area contributed by atoms with Crippen molar-refractivity contribution < 1.29 is 38.1 Å². The average molecular weight is 623 g/mol. The topological polar surface area (TPSA) is 152 Å². The first kappa shape index (κ1) is 38.5. The Morgan fingerprint density at radius 1 is 0.932 bits per heavy atom. The first-order valence-electron chi connectivity index (χ1n) is 14.6. The van der Waals surface area contributed by atoms with Crippen LogP contribution in [0.15, 0.2) is 35.1 Å². The van der Waals surface area contributed by atoms with Crippen molar-refractivity contribution in [2.24, 2.45) is 5.10 Å². The second kappa shape index (κ2) is 24.8. The minimum atomic E-state index is -0.310. The van der Waals surface area contributed by atoms with Gasteiger partial charge < -0.3 is 44.5 Å². The van der Waals surface area contributed by atoms with Gasteiger partial charge in [0.25, 0.3) is 12.4 Å². The predicted molar refractivity (Wildman–Crippen MR) is 169 cm³/mol. The molecule has 0 bridgehead atoms. The molecular formula is C30H50N6O8. The van der Waals surface area contributed by atoms with E-state index in [-0.39, 0.29) is 25.0 Å². The summed E-state index contributed by atoms with van der Waals surface area (Å²) in [6.45, 7) is 11.2. The number of nitrogens with one attached hydrogen (secondary N) is 3. The number of carbonyl (C=O) groups excluding carboxylic acids is 3. The van der Waals surface area contributed by atoms with E-state index in [2.05, 4.69) is 27.8 Å². The molecule has 0 radical (unpaired) electrons. The van der Waals surface area contributed by atoms with Gasteiger partial charge >= 0.3 is 0 Å². The summed E-state index contributed by atoms with van der Waals surface area (Å²) in [5.41, 5.74) is 2.50. The number of likely N-dealkylation sites (N-methyl/N-ethyl adjacent to an activating group) is 1. The molecular weight excluding hydrogens is 572 g/mol. The van der Waals surface area contributed by atoms with Gasteiger partial charge in [-0.15, -0.1) is 0 Å². The van der Waals surface area contributed by atoms with Gasteiger partial charge in [-0.05, 0) is 33.2 Å². The minimum Gasteiger partial charge on any atom is -0.463 e. The normalized spacial score (nSPS) is 11.2. The number of hydrazone groups is 1. The summed E-state index contributed by atoms with van der Waals surface area (Å²) in [7, 11) is 5.67.